The predicted molar refractivity (Wildman–Crippen MR) is 276 cm³/mol. The van der Waals surface area contributed by atoms with Gasteiger partial charge in [-0.1, -0.05) is 36.4 Å². The number of esters is 1. The van der Waals surface area contributed by atoms with Gasteiger partial charge in [0.2, 0.25) is 0 Å². The Bertz CT molecular complexity index is 3250. The van der Waals surface area contributed by atoms with Gasteiger partial charge in [0, 0.05) is 25.9 Å². The molecule has 5 aromatic rings. The molecule has 0 unspecified atom stereocenters. The smallest absolute Gasteiger partial charge is 0.416 e. The molecule has 17 nitrogen and oxygen atoms in total. The van der Waals surface area contributed by atoms with Crippen LogP contribution in [0.3, 0.4) is 0 Å². The number of aromatic nitrogens is 2. The summed E-state index contributed by atoms with van der Waals surface area (Å²) < 4.78 is 89.6. The Labute approximate surface area is 455 Å². The predicted octanol–water partition coefficient (Wildman–Crippen LogP) is 9.07. The first-order chi connectivity index (χ1) is 37.8. The van der Waals surface area contributed by atoms with Crippen LogP contribution in [0.25, 0.3) is 0 Å². The van der Waals surface area contributed by atoms with E-state index in [1.807, 2.05) is 19.2 Å². The molecule has 0 saturated heterocycles. The molecule has 0 spiro atoms. The van der Waals surface area contributed by atoms with Crippen molar-refractivity contribution in [2.45, 2.75) is 70.2 Å². The van der Waals surface area contributed by atoms with Gasteiger partial charge in [-0.3, -0.25) is 24.4 Å². The summed E-state index contributed by atoms with van der Waals surface area (Å²) in [6, 6.07) is 21.4. The fourth-order valence-electron chi connectivity index (χ4n) is 10.4. The summed E-state index contributed by atoms with van der Waals surface area (Å²) in [5, 5.41) is 24.5. The first kappa shape index (κ1) is 55.7. The van der Waals surface area contributed by atoms with Crippen molar-refractivity contribution in [2.75, 3.05) is 56.1 Å². The van der Waals surface area contributed by atoms with Crippen LogP contribution in [0.4, 0.5) is 47.3 Å². The van der Waals surface area contributed by atoms with Crippen molar-refractivity contribution in [3.63, 3.8) is 0 Å². The molecule has 412 valence electrons. The first-order valence-corrected chi connectivity index (χ1v) is 25.3. The van der Waals surface area contributed by atoms with E-state index in [2.05, 4.69) is 20.6 Å². The minimum Gasteiger partial charge on any atom is -0.455 e. The zero-order chi connectivity index (χ0) is 57.5. The molecule has 2 atom stereocenters. The fourth-order valence-corrected chi connectivity index (χ4v) is 10.4. The molecule has 0 aliphatic carbocycles. The quantitative estimate of drug-likeness (QED) is 0.0578. The monoisotopic (exact) mass is 1100 g/mol. The molecule has 4 aliphatic heterocycles. The van der Waals surface area contributed by atoms with Crippen molar-refractivity contribution in [1.82, 2.24) is 30.4 Å². The minimum atomic E-state index is -4.73. The van der Waals surface area contributed by atoms with Gasteiger partial charge < -0.3 is 29.7 Å². The lowest BCUT2D eigenvalue weighted by atomic mass is 9.94. The molecule has 1 aromatic heterocycles. The van der Waals surface area contributed by atoms with Crippen LogP contribution in [0, 0.1) is 22.7 Å². The van der Waals surface area contributed by atoms with Crippen molar-refractivity contribution in [3.05, 3.63) is 177 Å². The van der Waals surface area contributed by atoms with Gasteiger partial charge >= 0.3 is 30.4 Å². The van der Waals surface area contributed by atoms with Crippen molar-refractivity contribution >= 4 is 41.2 Å². The van der Waals surface area contributed by atoms with Crippen molar-refractivity contribution < 1.29 is 59.5 Å². The lowest BCUT2D eigenvalue weighted by Crippen LogP contribution is -2.47. The highest BCUT2D eigenvalue weighted by Crippen LogP contribution is 2.43. The Balaban J connectivity index is 0.973. The summed E-state index contributed by atoms with van der Waals surface area (Å²) in [7, 11) is 1.92. The highest BCUT2D eigenvalue weighted by Gasteiger charge is 2.47. The maximum absolute atomic E-state index is 14.6. The number of anilines is 2. The number of amides is 6. The SMILES string of the molecule is CC(C)(C)OC(=O)c1cnc(C[N+](C)(CCCN2CC3=C(C2=O)[C@@H](c2ccc(C#N)cc2)NC(=O)N3c2cccc(C(F)(F)F)c2)CCCN2CC3=C(C2=O)[C@@H](c2ccc(C#N)cc2)NC(=O)N3c2cccc(C(F)(F)F)c2)cn1. The number of benzene rings is 4. The Morgan fingerprint density at radius 3 is 1.48 bits per heavy atom. The van der Waals surface area contributed by atoms with Crippen LogP contribution < -0.4 is 20.4 Å². The second-order valence-corrected chi connectivity index (χ2v) is 21.0. The number of rotatable bonds is 15. The maximum Gasteiger partial charge on any atom is 0.416 e. The summed E-state index contributed by atoms with van der Waals surface area (Å²) >= 11 is 0. The van der Waals surface area contributed by atoms with E-state index in [0.29, 0.717) is 53.9 Å². The van der Waals surface area contributed by atoms with Gasteiger partial charge in [-0.2, -0.15) is 36.9 Å². The molecule has 0 saturated carbocycles. The largest absolute Gasteiger partial charge is 0.455 e. The van der Waals surface area contributed by atoms with Gasteiger partial charge in [0.15, 0.2) is 5.69 Å². The van der Waals surface area contributed by atoms with Crippen LogP contribution >= 0.6 is 0 Å². The molecular weight excluding hydrogens is 1050 g/mol. The Morgan fingerprint density at radius 2 is 1.10 bits per heavy atom. The molecule has 80 heavy (non-hydrogen) atoms. The number of carbonyl (C=O) groups is 5. The van der Waals surface area contributed by atoms with Gasteiger partial charge in [-0.25, -0.2) is 19.4 Å². The molecule has 0 radical (unpaired) electrons. The minimum absolute atomic E-state index is 0.0242. The lowest BCUT2D eigenvalue weighted by Gasteiger charge is -2.35. The van der Waals surface area contributed by atoms with E-state index in [0.717, 1.165) is 34.1 Å². The summed E-state index contributed by atoms with van der Waals surface area (Å²) in [6.07, 6.45) is -6.07. The zero-order valence-electron chi connectivity index (χ0n) is 43.7. The topological polar surface area (TPSA) is 205 Å². The number of urea groups is 2. The van der Waals surface area contributed by atoms with Gasteiger partial charge in [0.05, 0.1) is 126 Å². The number of nitrogens with zero attached hydrogens (tertiary/aromatic N) is 9. The van der Waals surface area contributed by atoms with Crippen LogP contribution in [0.5, 0.6) is 0 Å². The fraction of sp³-hybridized carbons (Fsp3) is 0.316. The highest BCUT2D eigenvalue weighted by molar-refractivity contribution is 6.08. The first-order valence-electron chi connectivity index (χ1n) is 25.3. The molecule has 0 bridgehead atoms. The van der Waals surface area contributed by atoms with E-state index in [4.69, 9.17) is 4.74 Å². The number of quaternary nitrogens is 1. The lowest BCUT2D eigenvalue weighted by molar-refractivity contribution is -0.923. The van der Waals surface area contributed by atoms with Gasteiger partial charge in [0.25, 0.3) is 11.8 Å². The Kier molecular flexibility index (Phi) is 15.0. The summed E-state index contributed by atoms with van der Waals surface area (Å²) in [5.41, 5.74) is -0.330. The average molecular weight is 1100 g/mol. The second-order valence-electron chi connectivity index (χ2n) is 21.0. The Morgan fingerprint density at radius 1 is 0.662 bits per heavy atom. The second kappa shape index (κ2) is 21.6. The summed E-state index contributed by atoms with van der Waals surface area (Å²) in [6.45, 7) is 6.00. The third-order valence-corrected chi connectivity index (χ3v) is 14.1. The van der Waals surface area contributed by atoms with Gasteiger partial charge in [-0.15, -0.1) is 0 Å². The summed E-state index contributed by atoms with van der Waals surface area (Å²) in [4.78, 5) is 84.1. The molecule has 9 rings (SSSR count). The number of alkyl halides is 6. The third kappa shape index (κ3) is 11.7. The zero-order valence-corrected chi connectivity index (χ0v) is 43.7. The van der Waals surface area contributed by atoms with Crippen molar-refractivity contribution in [2.24, 2.45) is 0 Å². The number of ether oxygens (including phenoxy) is 1. The standard InChI is InChI=1S/C57H51F6N11O6/c1-55(2,3)80-52(77)43-30-66-40(29-67-43)33-74(4,23-7-21-70-31-44-46(50(70)75)48(36-17-13-34(27-64)14-18-36)68-53(78)72(44)41-11-5-9-38(25-41)56(58,59)60)24-8-22-71-32-45-47(51(71)76)49(37-19-15-35(28-65)16-20-37)69-54(79)73(45)42-12-6-10-39(26-42)57(61,62)63/h5-6,9-20,25-26,29-30,48-49H,7-8,21-24,31-33H2,1-4H3,(H-,68,69,78,79)/p+1/t48-,49-/m1/s1. The van der Waals surface area contributed by atoms with Gasteiger partial charge in [-0.05, 0) is 92.6 Å². The van der Waals surface area contributed by atoms with E-state index in [9.17, 15) is 60.8 Å². The van der Waals surface area contributed by atoms with Gasteiger partial charge in [0.1, 0.15) is 17.8 Å². The van der Waals surface area contributed by atoms with E-state index < -0.39 is 71.0 Å². The number of nitrogens with one attached hydrogen (secondary N) is 2. The molecule has 4 aliphatic rings. The molecular formula is C57H52F6N11O6+. The normalized spacial score (nSPS) is 17.8. The molecule has 5 heterocycles. The van der Waals surface area contributed by atoms with Crippen LogP contribution in [-0.2, 0) is 33.2 Å². The van der Waals surface area contributed by atoms with E-state index in [1.54, 1.807) is 45.0 Å². The molecule has 2 N–H and O–H groups in total. The van der Waals surface area contributed by atoms with E-state index >= 15 is 0 Å². The van der Waals surface area contributed by atoms with Crippen LogP contribution in [0.1, 0.15) is 95.3 Å². The maximum atomic E-state index is 14.6. The van der Waals surface area contributed by atoms with Crippen LogP contribution in [0.15, 0.2) is 132 Å². The molecule has 23 heteroatoms. The van der Waals surface area contributed by atoms with Crippen LogP contribution in [-0.4, -0.2) is 106 Å². The molecule has 6 amide bonds. The number of nitriles is 2. The number of carbonyl (C=O) groups excluding carboxylic acids is 5. The highest BCUT2D eigenvalue weighted by atomic mass is 19.4. The van der Waals surface area contributed by atoms with Crippen molar-refractivity contribution in [3.8, 4) is 12.1 Å². The Hall–Kier alpha value is -9.09. The number of halogens is 6. The number of hydrogen-bond acceptors (Lipinski definition) is 10. The average Bonchev–Trinajstić information content (AvgIpc) is 3.93. The van der Waals surface area contributed by atoms with Crippen molar-refractivity contribution in [1.29, 1.82) is 10.5 Å². The van der Waals surface area contributed by atoms with E-state index in [-0.39, 0.29) is 76.8 Å². The number of hydrogen-bond donors (Lipinski definition) is 2. The van der Waals surface area contributed by atoms with E-state index in [1.165, 1.54) is 70.7 Å². The molecule has 0 fully saturated rings. The third-order valence-electron chi connectivity index (χ3n) is 14.1. The summed E-state index contributed by atoms with van der Waals surface area (Å²) in [5.74, 6) is -1.62. The van der Waals surface area contributed by atoms with Crippen LogP contribution in [0.2, 0.25) is 0 Å². The molecule has 4 aromatic carbocycles.